The molecule has 0 aliphatic carbocycles. The SMILES string of the molecule is C#CCN(Cc1cc2c(=O)[nH]c(C)nc2cc1C)c1c(F)cccc1C(=O)NC(CCS(=O)(=O)NC(=O)c1ccccc1)C(=O)O. The van der Waals surface area contributed by atoms with Gasteiger partial charge in [-0.05, 0) is 67.8 Å². The van der Waals surface area contributed by atoms with E-state index in [1.54, 1.807) is 44.2 Å². The van der Waals surface area contributed by atoms with Gasteiger partial charge in [0.2, 0.25) is 10.0 Å². The van der Waals surface area contributed by atoms with Crippen LogP contribution >= 0.6 is 0 Å². The Labute approximate surface area is 263 Å². The van der Waals surface area contributed by atoms with Gasteiger partial charge in [0, 0.05) is 12.1 Å². The molecular weight excluding hydrogens is 617 g/mol. The van der Waals surface area contributed by atoms with Crippen molar-refractivity contribution in [3.8, 4) is 12.3 Å². The van der Waals surface area contributed by atoms with Crippen LogP contribution in [0.15, 0.2) is 65.5 Å². The molecule has 2 amide bonds. The number of sulfonamides is 1. The van der Waals surface area contributed by atoms with Gasteiger partial charge < -0.3 is 20.3 Å². The van der Waals surface area contributed by atoms with Crippen LogP contribution in [0.3, 0.4) is 0 Å². The summed E-state index contributed by atoms with van der Waals surface area (Å²) in [5.41, 5.74) is 1.04. The maximum Gasteiger partial charge on any atom is 0.326 e. The summed E-state index contributed by atoms with van der Waals surface area (Å²) in [7, 11) is -4.29. The number of nitrogens with zero attached hydrogens (tertiary/aromatic N) is 2. The number of H-pyrrole nitrogens is 1. The molecule has 0 saturated heterocycles. The van der Waals surface area contributed by atoms with Crippen molar-refractivity contribution >= 4 is 44.4 Å². The van der Waals surface area contributed by atoms with Crippen molar-refractivity contribution in [2.45, 2.75) is 32.9 Å². The minimum Gasteiger partial charge on any atom is -0.480 e. The Balaban J connectivity index is 1.57. The van der Waals surface area contributed by atoms with E-state index in [0.29, 0.717) is 22.3 Å². The summed E-state index contributed by atoms with van der Waals surface area (Å²) in [6, 6.07) is 12.8. The lowest BCUT2D eigenvalue weighted by atomic mass is 10.0. The van der Waals surface area contributed by atoms with Gasteiger partial charge in [-0.3, -0.25) is 14.4 Å². The average molecular weight is 648 g/mol. The number of hydrogen-bond donors (Lipinski definition) is 4. The molecule has 3 aromatic carbocycles. The summed E-state index contributed by atoms with van der Waals surface area (Å²) in [6.45, 7) is 3.25. The van der Waals surface area contributed by atoms with Crippen molar-refractivity contribution in [1.82, 2.24) is 20.0 Å². The largest absolute Gasteiger partial charge is 0.480 e. The van der Waals surface area contributed by atoms with Crippen LogP contribution in [0, 0.1) is 32.0 Å². The minimum absolute atomic E-state index is 0.0256. The number of hydrogen-bond acceptors (Lipinski definition) is 8. The van der Waals surface area contributed by atoms with Gasteiger partial charge in [-0.2, -0.15) is 0 Å². The van der Waals surface area contributed by atoms with E-state index in [9.17, 15) is 32.7 Å². The highest BCUT2D eigenvalue weighted by Crippen LogP contribution is 2.28. The number of fused-ring (bicyclic) bond motifs is 1. The number of para-hydroxylation sites is 1. The number of carbonyl (C=O) groups excluding carboxylic acids is 2. The number of aromatic amines is 1. The van der Waals surface area contributed by atoms with Crippen LogP contribution in [-0.2, 0) is 21.4 Å². The van der Waals surface area contributed by atoms with Gasteiger partial charge in [0.15, 0.2) is 0 Å². The fourth-order valence-corrected chi connectivity index (χ4v) is 5.83. The highest BCUT2D eigenvalue weighted by molar-refractivity contribution is 7.90. The first-order valence-corrected chi connectivity index (χ1v) is 15.6. The number of anilines is 1. The molecule has 238 valence electrons. The quantitative estimate of drug-likeness (QED) is 0.168. The normalized spacial score (nSPS) is 11.8. The van der Waals surface area contributed by atoms with E-state index < -0.39 is 51.8 Å². The van der Waals surface area contributed by atoms with E-state index in [2.05, 4.69) is 21.2 Å². The Morgan fingerprint density at radius 3 is 2.48 bits per heavy atom. The highest BCUT2D eigenvalue weighted by atomic mass is 32.2. The Morgan fingerprint density at radius 2 is 1.80 bits per heavy atom. The monoisotopic (exact) mass is 647 g/mol. The van der Waals surface area contributed by atoms with Gasteiger partial charge in [0.1, 0.15) is 17.7 Å². The topological polar surface area (TPSA) is 179 Å². The Kier molecular flexibility index (Phi) is 10.2. The van der Waals surface area contributed by atoms with Crippen molar-refractivity contribution in [2.24, 2.45) is 0 Å². The maximum atomic E-state index is 15.4. The molecule has 1 unspecified atom stereocenters. The van der Waals surface area contributed by atoms with E-state index in [4.69, 9.17) is 6.42 Å². The number of carbonyl (C=O) groups is 3. The van der Waals surface area contributed by atoms with Crippen molar-refractivity contribution in [1.29, 1.82) is 0 Å². The molecule has 14 heteroatoms. The number of aromatic nitrogens is 2. The van der Waals surface area contributed by atoms with Crippen molar-refractivity contribution < 1.29 is 32.3 Å². The molecule has 0 bridgehead atoms. The van der Waals surface area contributed by atoms with Gasteiger partial charge in [0.05, 0.1) is 34.5 Å². The molecule has 4 N–H and O–H groups in total. The fourth-order valence-electron chi connectivity index (χ4n) is 4.78. The molecule has 12 nitrogen and oxygen atoms in total. The first kappa shape index (κ1) is 33.3. The standard InChI is InChI=1S/C32H30FN5O7S/c1-4-14-38(18-22-17-24-27(16-19(22)2)34-20(3)35-31(24)41)28-23(11-8-12-25(28)33)30(40)36-26(32(42)43)13-15-46(44,45)37-29(39)21-9-6-5-7-10-21/h1,5-12,16-17,26H,13-15,18H2,2-3H3,(H,36,40)(H,37,39)(H,42,43)(H,34,35,41). The van der Waals surface area contributed by atoms with E-state index in [1.165, 1.54) is 29.2 Å². The van der Waals surface area contributed by atoms with Crippen LogP contribution in [0.4, 0.5) is 10.1 Å². The van der Waals surface area contributed by atoms with Crippen LogP contribution in [-0.4, -0.2) is 59.6 Å². The van der Waals surface area contributed by atoms with Crippen LogP contribution in [0.1, 0.15) is 44.1 Å². The second-order valence-corrected chi connectivity index (χ2v) is 12.3. The number of aliphatic carboxylic acids is 1. The second-order valence-electron chi connectivity index (χ2n) is 10.4. The van der Waals surface area contributed by atoms with Crippen LogP contribution < -0.4 is 20.5 Å². The number of carboxylic acids is 1. The van der Waals surface area contributed by atoms with Crippen molar-refractivity contribution in [2.75, 3.05) is 17.2 Å². The predicted octanol–water partition coefficient (Wildman–Crippen LogP) is 2.65. The highest BCUT2D eigenvalue weighted by Gasteiger charge is 2.28. The smallest absolute Gasteiger partial charge is 0.326 e. The summed E-state index contributed by atoms with van der Waals surface area (Å²) in [6.07, 6.45) is 4.99. The molecule has 0 fully saturated rings. The molecule has 1 aromatic heterocycles. The molecule has 0 aliphatic rings. The fraction of sp³-hybridized carbons (Fsp3) is 0.219. The summed E-state index contributed by atoms with van der Waals surface area (Å²) in [5, 5.41) is 12.3. The second kappa shape index (κ2) is 14.0. The van der Waals surface area contributed by atoms with Gasteiger partial charge in [-0.25, -0.2) is 27.3 Å². The zero-order valence-corrected chi connectivity index (χ0v) is 25.7. The molecule has 1 heterocycles. The van der Waals surface area contributed by atoms with Gasteiger partial charge in [-0.15, -0.1) is 6.42 Å². The van der Waals surface area contributed by atoms with Crippen LogP contribution in [0.2, 0.25) is 0 Å². The van der Waals surface area contributed by atoms with E-state index in [0.717, 1.165) is 11.6 Å². The lowest BCUT2D eigenvalue weighted by Crippen LogP contribution is -2.43. The third kappa shape index (κ3) is 7.93. The van der Waals surface area contributed by atoms with E-state index >= 15 is 4.39 Å². The number of carboxylic acid groups (broad SMARTS) is 1. The number of terminal acetylenes is 1. The number of rotatable bonds is 12. The van der Waals surface area contributed by atoms with Crippen molar-refractivity contribution in [3.63, 3.8) is 0 Å². The Bertz CT molecular complexity index is 2020. The van der Waals surface area contributed by atoms with Gasteiger partial charge in [-0.1, -0.05) is 30.2 Å². The lowest BCUT2D eigenvalue weighted by Gasteiger charge is -2.27. The zero-order valence-electron chi connectivity index (χ0n) is 24.8. The predicted molar refractivity (Wildman–Crippen MR) is 169 cm³/mol. The van der Waals surface area contributed by atoms with Gasteiger partial charge in [0.25, 0.3) is 17.4 Å². The number of aryl methyl sites for hydroxylation is 2. The number of nitrogens with one attached hydrogen (secondary N) is 3. The van der Waals surface area contributed by atoms with E-state index in [-0.39, 0.29) is 35.5 Å². The van der Waals surface area contributed by atoms with Crippen molar-refractivity contribution in [3.05, 3.63) is 105 Å². The molecule has 4 aromatic rings. The van der Waals surface area contributed by atoms with Crippen LogP contribution in [0.5, 0.6) is 0 Å². The summed E-state index contributed by atoms with van der Waals surface area (Å²) < 4.78 is 42.4. The molecule has 0 aliphatic heterocycles. The first-order valence-electron chi connectivity index (χ1n) is 13.9. The molecular formula is C32H30FN5O7S. The third-order valence-electron chi connectivity index (χ3n) is 7.04. The number of amides is 2. The first-order chi connectivity index (χ1) is 21.8. The molecule has 46 heavy (non-hydrogen) atoms. The third-order valence-corrected chi connectivity index (χ3v) is 8.30. The Hall–Kier alpha value is -5.55. The zero-order chi connectivity index (χ0) is 33.6. The average Bonchev–Trinajstić information content (AvgIpc) is 2.99. The van der Waals surface area contributed by atoms with Gasteiger partial charge >= 0.3 is 5.97 Å². The minimum atomic E-state index is -4.29. The molecule has 0 saturated carbocycles. The molecule has 0 radical (unpaired) electrons. The lowest BCUT2D eigenvalue weighted by molar-refractivity contribution is -0.139. The number of halogens is 1. The molecule has 1 atom stereocenters. The summed E-state index contributed by atoms with van der Waals surface area (Å²) in [4.78, 5) is 58.6. The van der Waals surface area contributed by atoms with E-state index in [1.807, 2.05) is 4.72 Å². The maximum absolute atomic E-state index is 15.4. The van der Waals surface area contributed by atoms with Crippen LogP contribution in [0.25, 0.3) is 10.9 Å². The summed E-state index contributed by atoms with van der Waals surface area (Å²) >= 11 is 0. The molecule has 0 spiro atoms. The number of benzene rings is 3. The summed E-state index contributed by atoms with van der Waals surface area (Å²) in [5.74, 6) is -2.20. The molecule has 4 rings (SSSR count). The Morgan fingerprint density at radius 1 is 1.09 bits per heavy atom.